The number of aliphatic hydroxyl groups is 1. The van der Waals surface area contributed by atoms with E-state index in [1.807, 2.05) is 4.90 Å². The molecule has 0 aromatic carbocycles. The molecule has 15 heavy (non-hydrogen) atoms. The molecule has 0 heterocycles. The molecule has 0 aliphatic rings. The third kappa shape index (κ3) is 9.28. The topological polar surface area (TPSA) is 60.8 Å². The lowest BCUT2D eigenvalue weighted by atomic mass is 10.2. The number of carboxylic acids is 1. The molecule has 0 atom stereocenters. The zero-order valence-electron chi connectivity index (χ0n) is 9.35. The maximum Gasteiger partial charge on any atom is 0.304 e. The second-order valence-corrected chi connectivity index (χ2v) is 3.54. The molecular weight excluding hydrogens is 194 g/mol. The molecule has 0 aliphatic heterocycles. The molecule has 0 aromatic rings. The van der Waals surface area contributed by atoms with E-state index in [1.54, 1.807) is 6.08 Å². The summed E-state index contributed by atoms with van der Waals surface area (Å²) in [5.41, 5.74) is 0. The van der Waals surface area contributed by atoms with Gasteiger partial charge in [-0.25, -0.2) is 0 Å². The summed E-state index contributed by atoms with van der Waals surface area (Å²) in [4.78, 5) is 12.5. The largest absolute Gasteiger partial charge is 0.516 e. The standard InChI is InChI=1S/C11H21NO3/c1-2-3-4-7-12(8-5-10-13)9-6-11(14)15/h5,10,13H,2-4,6-9H2,1H3,(H,14,15). The molecule has 0 spiro atoms. The summed E-state index contributed by atoms with van der Waals surface area (Å²) in [7, 11) is 0. The fourth-order valence-electron chi connectivity index (χ4n) is 1.33. The van der Waals surface area contributed by atoms with E-state index in [4.69, 9.17) is 10.2 Å². The molecule has 0 bridgehead atoms. The van der Waals surface area contributed by atoms with Gasteiger partial charge in [0.15, 0.2) is 0 Å². The van der Waals surface area contributed by atoms with Crippen molar-refractivity contribution >= 4 is 5.97 Å². The van der Waals surface area contributed by atoms with Crippen molar-refractivity contribution in [3.8, 4) is 0 Å². The Bertz CT molecular complexity index is 192. The van der Waals surface area contributed by atoms with Crippen molar-refractivity contribution in [2.24, 2.45) is 0 Å². The summed E-state index contributed by atoms with van der Waals surface area (Å²) in [5, 5.41) is 17.1. The number of rotatable bonds is 9. The Labute approximate surface area is 91.2 Å². The summed E-state index contributed by atoms with van der Waals surface area (Å²) < 4.78 is 0. The average Bonchev–Trinajstić information content (AvgIpc) is 2.21. The number of carbonyl (C=O) groups is 1. The molecule has 4 nitrogen and oxygen atoms in total. The molecule has 0 fully saturated rings. The van der Waals surface area contributed by atoms with E-state index >= 15 is 0 Å². The van der Waals surface area contributed by atoms with E-state index in [1.165, 1.54) is 0 Å². The van der Waals surface area contributed by atoms with Crippen molar-refractivity contribution in [1.29, 1.82) is 0 Å². The molecule has 0 aliphatic carbocycles. The number of aliphatic hydroxyl groups excluding tert-OH is 1. The van der Waals surface area contributed by atoms with Crippen LogP contribution in [0, 0.1) is 0 Å². The SMILES string of the molecule is CCCCCN(CC=CO)CCC(=O)O. The normalized spacial score (nSPS) is 11.3. The van der Waals surface area contributed by atoms with Crippen molar-refractivity contribution in [1.82, 2.24) is 4.90 Å². The molecule has 0 aromatic heterocycles. The van der Waals surface area contributed by atoms with Crippen molar-refractivity contribution < 1.29 is 15.0 Å². The summed E-state index contributed by atoms with van der Waals surface area (Å²) in [6, 6.07) is 0. The maximum atomic E-state index is 10.4. The average molecular weight is 215 g/mol. The lowest BCUT2D eigenvalue weighted by Crippen LogP contribution is -2.27. The second kappa shape index (κ2) is 9.52. The van der Waals surface area contributed by atoms with Gasteiger partial charge in [-0.3, -0.25) is 9.69 Å². The van der Waals surface area contributed by atoms with Crippen LogP contribution in [0.5, 0.6) is 0 Å². The molecule has 0 saturated heterocycles. The summed E-state index contributed by atoms with van der Waals surface area (Å²) in [6.45, 7) is 4.19. The molecule has 4 heteroatoms. The molecule has 88 valence electrons. The molecule has 2 N–H and O–H groups in total. The number of aliphatic carboxylic acids is 1. The summed E-state index contributed by atoms with van der Waals surface area (Å²) >= 11 is 0. The predicted molar refractivity (Wildman–Crippen MR) is 60.0 cm³/mol. The highest BCUT2D eigenvalue weighted by atomic mass is 16.4. The van der Waals surface area contributed by atoms with Crippen LogP contribution in [0.15, 0.2) is 12.3 Å². The Kier molecular flexibility index (Phi) is 8.87. The van der Waals surface area contributed by atoms with E-state index in [9.17, 15) is 4.79 Å². The quantitative estimate of drug-likeness (QED) is 0.456. The molecule has 0 rings (SSSR count). The van der Waals surface area contributed by atoms with Gasteiger partial charge >= 0.3 is 5.97 Å². The van der Waals surface area contributed by atoms with Gasteiger partial charge in [0.25, 0.3) is 0 Å². The van der Waals surface area contributed by atoms with Crippen LogP contribution in [0.1, 0.15) is 32.6 Å². The van der Waals surface area contributed by atoms with Crippen LogP contribution in [0.4, 0.5) is 0 Å². The first kappa shape index (κ1) is 14.0. The van der Waals surface area contributed by atoms with Crippen LogP contribution in [-0.2, 0) is 4.79 Å². The Balaban J connectivity index is 3.77. The third-order valence-corrected chi connectivity index (χ3v) is 2.19. The Morgan fingerprint density at radius 1 is 1.33 bits per heavy atom. The molecular formula is C11H21NO3. The smallest absolute Gasteiger partial charge is 0.304 e. The van der Waals surface area contributed by atoms with Gasteiger partial charge < -0.3 is 10.2 Å². The third-order valence-electron chi connectivity index (χ3n) is 2.19. The van der Waals surface area contributed by atoms with Gasteiger partial charge in [-0.15, -0.1) is 0 Å². The molecule has 0 saturated carbocycles. The highest BCUT2D eigenvalue weighted by molar-refractivity contribution is 5.66. The molecule has 0 amide bonds. The lowest BCUT2D eigenvalue weighted by Gasteiger charge is -2.19. The first-order valence-electron chi connectivity index (χ1n) is 5.44. The van der Waals surface area contributed by atoms with Gasteiger partial charge in [0.05, 0.1) is 12.7 Å². The molecule has 0 unspecified atom stereocenters. The van der Waals surface area contributed by atoms with E-state index in [0.717, 1.165) is 32.1 Å². The van der Waals surface area contributed by atoms with Gasteiger partial charge in [-0.2, -0.15) is 0 Å². The fraction of sp³-hybridized carbons (Fsp3) is 0.727. The number of hydrogen-bond donors (Lipinski definition) is 2. The Hall–Kier alpha value is -1.03. The fourth-order valence-corrected chi connectivity index (χ4v) is 1.33. The van der Waals surface area contributed by atoms with E-state index in [2.05, 4.69) is 6.92 Å². The monoisotopic (exact) mass is 215 g/mol. The van der Waals surface area contributed by atoms with Gasteiger partial charge in [0.1, 0.15) is 0 Å². The van der Waals surface area contributed by atoms with Crippen LogP contribution in [0.3, 0.4) is 0 Å². The van der Waals surface area contributed by atoms with E-state index in [0.29, 0.717) is 13.1 Å². The van der Waals surface area contributed by atoms with Crippen LogP contribution < -0.4 is 0 Å². The highest BCUT2D eigenvalue weighted by Crippen LogP contribution is 2.00. The van der Waals surface area contributed by atoms with Crippen molar-refractivity contribution in [2.75, 3.05) is 19.6 Å². The number of nitrogens with zero attached hydrogens (tertiary/aromatic N) is 1. The van der Waals surface area contributed by atoms with Crippen LogP contribution in [-0.4, -0.2) is 40.7 Å². The zero-order valence-corrected chi connectivity index (χ0v) is 9.35. The van der Waals surface area contributed by atoms with Gasteiger partial charge in [0, 0.05) is 13.1 Å². The van der Waals surface area contributed by atoms with Crippen LogP contribution in [0.2, 0.25) is 0 Å². The van der Waals surface area contributed by atoms with E-state index in [-0.39, 0.29) is 6.42 Å². The zero-order chi connectivity index (χ0) is 11.5. The lowest BCUT2D eigenvalue weighted by molar-refractivity contribution is -0.137. The summed E-state index contributed by atoms with van der Waals surface area (Å²) in [5.74, 6) is -0.775. The van der Waals surface area contributed by atoms with Crippen molar-refractivity contribution in [3.63, 3.8) is 0 Å². The minimum absolute atomic E-state index is 0.158. The number of hydrogen-bond acceptors (Lipinski definition) is 3. The predicted octanol–water partition coefficient (Wildman–Crippen LogP) is 2.02. The van der Waals surface area contributed by atoms with Crippen molar-refractivity contribution in [2.45, 2.75) is 32.6 Å². The number of carboxylic acid groups (broad SMARTS) is 1. The Morgan fingerprint density at radius 3 is 2.60 bits per heavy atom. The first-order valence-corrected chi connectivity index (χ1v) is 5.44. The highest BCUT2D eigenvalue weighted by Gasteiger charge is 2.05. The Morgan fingerprint density at radius 2 is 2.07 bits per heavy atom. The van der Waals surface area contributed by atoms with Gasteiger partial charge in [0.2, 0.25) is 0 Å². The first-order chi connectivity index (χ1) is 7.20. The number of unbranched alkanes of at least 4 members (excludes halogenated alkanes) is 2. The minimum atomic E-state index is -0.775. The van der Waals surface area contributed by atoms with Crippen molar-refractivity contribution in [3.05, 3.63) is 12.3 Å². The summed E-state index contributed by atoms with van der Waals surface area (Å²) in [6.07, 6.45) is 6.19. The van der Waals surface area contributed by atoms with Gasteiger partial charge in [-0.1, -0.05) is 19.8 Å². The molecule has 0 radical (unpaired) electrons. The van der Waals surface area contributed by atoms with Crippen LogP contribution in [0.25, 0.3) is 0 Å². The van der Waals surface area contributed by atoms with Gasteiger partial charge in [-0.05, 0) is 19.0 Å². The second-order valence-electron chi connectivity index (χ2n) is 3.54. The minimum Gasteiger partial charge on any atom is -0.516 e. The van der Waals surface area contributed by atoms with Crippen LogP contribution >= 0.6 is 0 Å². The maximum absolute atomic E-state index is 10.4. The van der Waals surface area contributed by atoms with E-state index < -0.39 is 5.97 Å².